The molecule has 0 spiro atoms. The van der Waals surface area contributed by atoms with Crippen molar-refractivity contribution < 1.29 is 23.1 Å². The van der Waals surface area contributed by atoms with Gasteiger partial charge in [0.1, 0.15) is 6.29 Å². The van der Waals surface area contributed by atoms with Crippen molar-refractivity contribution in [2.24, 2.45) is 11.6 Å². The summed E-state index contributed by atoms with van der Waals surface area (Å²) in [6.45, 7) is 17.9. The maximum atomic E-state index is 15.4. The van der Waals surface area contributed by atoms with Crippen LogP contribution in [0.2, 0.25) is 0 Å². The van der Waals surface area contributed by atoms with Gasteiger partial charge in [-0.15, -0.1) is 19.7 Å². The number of anilines is 3. The average Bonchev–Trinajstić information content (AvgIpc) is 4.03. The van der Waals surface area contributed by atoms with Crippen molar-refractivity contribution in [3.05, 3.63) is 133 Å². The van der Waals surface area contributed by atoms with Gasteiger partial charge < -0.3 is 44.9 Å². The van der Waals surface area contributed by atoms with Crippen LogP contribution in [-0.2, 0) is 35.5 Å². The number of fused-ring (bicyclic) bond motifs is 4. The Kier molecular flexibility index (Phi) is 18.6. The summed E-state index contributed by atoms with van der Waals surface area (Å²) in [4.78, 5) is 38.0. The number of amides is 1. The van der Waals surface area contributed by atoms with Crippen LogP contribution in [0.1, 0.15) is 102 Å². The number of likely N-dealkylation sites (N-methyl/N-ethyl adjacent to an activating group) is 1. The number of carbonyl (C=O) groups excluding carboxylic acids is 2. The first-order valence-electron chi connectivity index (χ1n) is 25.8. The van der Waals surface area contributed by atoms with Gasteiger partial charge >= 0.3 is 0 Å². The van der Waals surface area contributed by atoms with Crippen molar-refractivity contribution in [3.8, 4) is 11.1 Å². The minimum absolute atomic E-state index is 0.0175. The lowest BCUT2D eigenvalue weighted by Gasteiger charge is -2.44. The molecule has 1 amide bonds. The Morgan fingerprint density at radius 2 is 1.73 bits per heavy atom. The molecule has 5 N–H and O–H groups in total. The number of alkyl halides is 2. The summed E-state index contributed by atoms with van der Waals surface area (Å²) >= 11 is 0. The number of allylic oxidation sites excluding steroid dienone is 2. The van der Waals surface area contributed by atoms with Gasteiger partial charge in [0.05, 0.1) is 35.8 Å². The second kappa shape index (κ2) is 25.0. The zero-order chi connectivity index (χ0) is 53.2. The summed E-state index contributed by atoms with van der Waals surface area (Å²) in [5.74, 6) is 7.29. The minimum Gasteiger partial charge on any atom is -0.399 e. The first kappa shape index (κ1) is 55.1. The smallest absolute Gasteiger partial charge is 0.264 e. The van der Waals surface area contributed by atoms with Gasteiger partial charge in [0.15, 0.2) is 5.82 Å². The molecule has 1 atom stereocenters. The number of nitrogens with one attached hydrogen (secondary N) is 1. The molecule has 5 aromatic rings. The number of ether oxygens (including phenoxy) is 1. The first-order chi connectivity index (χ1) is 35.8. The second-order valence-corrected chi connectivity index (χ2v) is 19.7. The number of halogens is 2. The molecule has 4 aliphatic heterocycles. The molecule has 2 fully saturated rings. The Balaban J connectivity index is 0.000000945. The zero-order valence-electron chi connectivity index (χ0n) is 44.0. The van der Waals surface area contributed by atoms with Crippen LogP contribution >= 0.6 is 0 Å². The van der Waals surface area contributed by atoms with E-state index in [0.29, 0.717) is 60.1 Å². The summed E-state index contributed by atoms with van der Waals surface area (Å²) < 4.78 is 39.4. The third kappa shape index (κ3) is 11.4. The van der Waals surface area contributed by atoms with Crippen molar-refractivity contribution in [2.45, 2.75) is 102 Å². The van der Waals surface area contributed by atoms with E-state index >= 15 is 8.78 Å². The van der Waals surface area contributed by atoms with E-state index in [0.717, 1.165) is 97.2 Å². The number of nitrogens with two attached hydrogens (primary N) is 2. The molecule has 1 aliphatic carbocycles. The largest absolute Gasteiger partial charge is 0.399 e. The summed E-state index contributed by atoms with van der Waals surface area (Å²) in [5.41, 5.74) is 16.2. The monoisotopic (exact) mass is 1010 g/mol. The van der Waals surface area contributed by atoms with E-state index in [1.54, 1.807) is 50.0 Å². The number of aryl methyl sites for hydroxylation is 1. The Morgan fingerprint density at radius 1 is 1.00 bits per heavy atom. The van der Waals surface area contributed by atoms with Crippen LogP contribution in [0.3, 0.4) is 0 Å². The average molecular weight is 1020 g/mol. The predicted octanol–water partition coefficient (Wildman–Crippen LogP) is 9.14. The van der Waals surface area contributed by atoms with Gasteiger partial charge in [0.2, 0.25) is 0 Å². The van der Waals surface area contributed by atoms with Crippen LogP contribution in [0.15, 0.2) is 99.3 Å². The fourth-order valence-corrected chi connectivity index (χ4v) is 11.0. The number of aldehydes is 1. The van der Waals surface area contributed by atoms with Gasteiger partial charge in [-0.3, -0.25) is 19.4 Å². The number of hydrogen-bond acceptors (Lipinski definition) is 12. The number of aromatic nitrogens is 4. The van der Waals surface area contributed by atoms with E-state index in [2.05, 4.69) is 67.8 Å². The van der Waals surface area contributed by atoms with E-state index < -0.39 is 12.5 Å². The lowest BCUT2D eigenvalue weighted by molar-refractivity contribution is -0.111. The lowest BCUT2D eigenvalue weighted by Crippen LogP contribution is -2.60. The van der Waals surface area contributed by atoms with Gasteiger partial charge in [-0.2, -0.15) is 5.10 Å². The number of hydrogen-bond donors (Lipinski definition) is 3. The van der Waals surface area contributed by atoms with Gasteiger partial charge in [0.25, 0.3) is 12.3 Å². The van der Waals surface area contributed by atoms with E-state index in [1.165, 1.54) is 35.4 Å². The minimum atomic E-state index is -2.71. The Hall–Kier alpha value is -6.66. The van der Waals surface area contributed by atoms with Gasteiger partial charge in [-0.1, -0.05) is 38.0 Å². The molecule has 1 saturated heterocycles. The van der Waals surface area contributed by atoms with E-state index in [1.807, 2.05) is 55.2 Å². The van der Waals surface area contributed by atoms with Crippen molar-refractivity contribution >= 4 is 46.0 Å². The molecule has 2 aromatic carbocycles. The molecular weight excluding hydrogens is 939 g/mol. The molecule has 0 radical (unpaired) electrons. The number of methoxy groups -OCH3 is 1. The highest BCUT2D eigenvalue weighted by molar-refractivity contribution is 6.10. The van der Waals surface area contributed by atoms with Crippen LogP contribution in [0, 0.1) is 0 Å². The molecule has 74 heavy (non-hydrogen) atoms. The number of rotatable bonds is 14. The molecule has 1 saturated carbocycles. The Labute approximate surface area is 435 Å². The van der Waals surface area contributed by atoms with E-state index in [9.17, 15) is 9.59 Å². The number of hydrazine groups is 1. The zero-order valence-corrected chi connectivity index (χ0v) is 44.0. The van der Waals surface area contributed by atoms with Crippen LogP contribution in [-0.4, -0.2) is 120 Å². The highest BCUT2D eigenvalue weighted by Gasteiger charge is 2.38. The highest BCUT2D eigenvalue weighted by atomic mass is 19.3. The fraction of sp³-hybridized carbons (Fsp3) is 0.439. The van der Waals surface area contributed by atoms with E-state index in [-0.39, 0.29) is 24.1 Å². The standard InChI is InChI=1S/C51H59F2N11O2.C2H7N.C2H6O.C2H4/c1-4-5-11-37(31-65)63-32(2)39-15-14-36(22-42(39)51(63)66)59-27-38(28-59)62(55)26-34(54)25-60-30-44(43-24-56-18-16-46(43)60)40-21-33-10-9-19-61(48(33)23-41(40)49(52)53)50-45-29-58(3)20-17-47(45)64(57-50)35-12-7-6-8-13-35;2*1-3-2;1-2/h4,14-16,18,21-24,26,30-31,35,37-38,49H,1-2,5-13,17,19-20,25,27-29,54-55H2,3H3;3H,1-2H3;1-2H3;1-2H2/b34-26-;;;. The number of nitrogens with zero attached hydrogens (tertiary/aromatic N) is 9. The van der Waals surface area contributed by atoms with Crippen molar-refractivity contribution in [2.75, 3.05) is 71.3 Å². The van der Waals surface area contributed by atoms with Crippen molar-refractivity contribution in [3.63, 3.8) is 0 Å². The molecule has 396 valence electrons. The van der Waals surface area contributed by atoms with Crippen LogP contribution in [0.25, 0.3) is 27.7 Å². The quantitative estimate of drug-likeness (QED) is 0.0420. The van der Waals surface area contributed by atoms with Crippen LogP contribution in [0.4, 0.5) is 26.0 Å². The highest BCUT2D eigenvalue weighted by Crippen LogP contribution is 2.46. The topological polar surface area (TPSA) is 159 Å². The van der Waals surface area contributed by atoms with Crippen molar-refractivity contribution in [1.82, 2.24) is 39.5 Å². The summed E-state index contributed by atoms with van der Waals surface area (Å²) in [6.07, 6.45) is 16.6. The van der Waals surface area contributed by atoms with Crippen LogP contribution in [0.5, 0.6) is 0 Å². The normalized spacial score (nSPS) is 17.3. The molecule has 1 unspecified atom stereocenters. The number of benzene rings is 2. The number of carbonyl (C=O) groups is 2. The van der Waals surface area contributed by atoms with Crippen molar-refractivity contribution in [1.29, 1.82) is 0 Å². The van der Waals surface area contributed by atoms with Gasteiger partial charge in [-0.05, 0) is 101 Å². The third-order valence-corrected chi connectivity index (χ3v) is 14.5. The molecule has 15 nitrogen and oxygen atoms in total. The molecule has 7 heterocycles. The summed E-state index contributed by atoms with van der Waals surface area (Å²) in [5, 5.41) is 10.5. The fourth-order valence-electron chi connectivity index (χ4n) is 11.0. The lowest BCUT2D eigenvalue weighted by atomic mass is 9.91. The first-order valence-corrected chi connectivity index (χ1v) is 25.8. The van der Waals surface area contributed by atoms with Gasteiger partial charge in [0, 0.05) is 134 Å². The maximum Gasteiger partial charge on any atom is 0.264 e. The van der Waals surface area contributed by atoms with E-state index in [4.69, 9.17) is 16.7 Å². The Morgan fingerprint density at radius 3 is 2.42 bits per heavy atom. The SMILES string of the molecule is C=C.C=CCCC(C=O)N1C(=C)c2ccc(N3CC(N(N)/C=C(\N)Cn4cc(-c5cc6c(cc5C(F)F)N(c5nn(C7CCCCC7)c7c5CN(C)CC7)CCC6)c5cnccc54)C3)cc2C1=O.CNC.COC. The molecular formula is C57H76F2N12O3. The van der Waals surface area contributed by atoms with Crippen LogP contribution < -0.4 is 26.7 Å². The molecule has 10 rings (SSSR count). The molecule has 5 aliphatic rings. The Bertz CT molecular complexity index is 2810. The molecule has 17 heteroatoms. The summed E-state index contributed by atoms with van der Waals surface area (Å²) in [6, 6.07) is 11.0. The summed E-state index contributed by atoms with van der Waals surface area (Å²) in [7, 11) is 9.15. The second-order valence-electron chi connectivity index (χ2n) is 19.7. The number of pyridine rings is 1. The maximum absolute atomic E-state index is 15.4. The van der Waals surface area contributed by atoms with Gasteiger partial charge in [-0.25, -0.2) is 14.6 Å². The third-order valence-electron chi connectivity index (χ3n) is 14.5. The molecule has 3 aromatic heterocycles. The molecule has 0 bridgehead atoms. The predicted molar refractivity (Wildman–Crippen MR) is 294 cm³/mol.